The van der Waals surface area contributed by atoms with Gasteiger partial charge < -0.3 is 16.4 Å². The summed E-state index contributed by atoms with van der Waals surface area (Å²) in [7, 11) is 0. The van der Waals surface area contributed by atoms with Crippen LogP contribution < -0.4 is 16.4 Å². The van der Waals surface area contributed by atoms with E-state index in [-0.39, 0.29) is 5.82 Å². The minimum Gasteiger partial charge on any atom is -0.352 e. The summed E-state index contributed by atoms with van der Waals surface area (Å²) in [5, 5.41) is 5.46. The number of amides is 2. The van der Waals surface area contributed by atoms with E-state index in [1.807, 2.05) is 6.92 Å². The van der Waals surface area contributed by atoms with Crippen molar-refractivity contribution in [3.63, 3.8) is 0 Å². The van der Waals surface area contributed by atoms with Gasteiger partial charge in [0.25, 0.3) is 0 Å². The highest BCUT2D eigenvalue weighted by atomic mass is 19.1. The van der Waals surface area contributed by atoms with Gasteiger partial charge in [0.2, 0.25) is 0 Å². The highest BCUT2D eigenvalue weighted by molar-refractivity contribution is 5.71. The Morgan fingerprint density at radius 2 is 2.19 bits per heavy atom. The van der Waals surface area contributed by atoms with Crippen LogP contribution >= 0.6 is 0 Å². The Kier molecular flexibility index (Phi) is 4.72. The molecule has 0 heterocycles. The maximum atomic E-state index is 13.3. The van der Waals surface area contributed by atoms with Crippen molar-refractivity contribution in [1.29, 1.82) is 0 Å². The average molecular weight is 225 g/mol. The Hall–Kier alpha value is -1.62. The summed E-state index contributed by atoms with van der Waals surface area (Å²) in [6.07, 6.45) is 0. The number of rotatable bonds is 5. The molecule has 88 valence electrons. The van der Waals surface area contributed by atoms with Crippen molar-refractivity contribution in [2.45, 2.75) is 13.5 Å². The molecule has 0 aliphatic rings. The van der Waals surface area contributed by atoms with E-state index >= 15 is 0 Å². The van der Waals surface area contributed by atoms with E-state index in [0.29, 0.717) is 25.2 Å². The van der Waals surface area contributed by atoms with Crippen molar-refractivity contribution < 1.29 is 9.18 Å². The van der Waals surface area contributed by atoms with Gasteiger partial charge in [0.15, 0.2) is 0 Å². The number of hydrogen-bond acceptors (Lipinski definition) is 2. The monoisotopic (exact) mass is 225 g/mol. The third-order valence-corrected chi connectivity index (χ3v) is 2.12. The van der Waals surface area contributed by atoms with Gasteiger partial charge in [-0.05, 0) is 13.0 Å². The van der Waals surface area contributed by atoms with Gasteiger partial charge >= 0.3 is 6.03 Å². The molecular formula is C11H16FN3O. The molecule has 0 aliphatic carbocycles. The lowest BCUT2D eigenvalue weighted by Crippen LogP contribution is -2.35. The molecule has 1 aromatic carbocycles. The molecule has 0 saturated heterocycles. The summed E-state index contributed by atoms with van der Waals surface area (Å²) >= 11 is 0. The SMILES string of the molecule is Cc1ccc(F)c(CNCCNC(N)=O)c1. The highest BCUT2D eigenvalue weighted by Gasteiger charge is 2.01. The molecule has 4 N–H and O–H groups in total. The van der Waals surface area contributed by atoms with Crippen LogP contribution in [0, 0.1) is 12.7 Å². The van der Waals surface area contributed by atoms with Gasteiger partial charge in [-0.25, -0.2) is 9.18 Å². The Labute approximate surface area is 94.0 Å². The van der Waals surface area contributed by atoms with E-state index in [9.17, 15) is 9.18 Å². The van der Waals surface area contributed by atoms with Crippen molar-refractivity contribution in [3.8, 4) is 0 Å². The molecule has 0 radical (unpaired) electrons. The first-order valence-corrected chi connectivity index (χ1v) is 5.08. The number of nitrogens with one attached hydrogen (secondary N) is 2. The summed E-state index contributed by atoms with van der Waals surface area (Å²) in [4.78, 5) is 10.4. The fourth-order valence-corrected chi connectivity index (χ4v) is 1.34. The largest absolute Gasteiger partial charge is 0.352 e. The van der Waals surface area contributed by atoms with E-state index in [4.69, 9.17) is 5.73 Å². The number of halogens is 1. The summed E-state index contributed by atoms with van der Waals surface area (Å²) in [5.41, 5.74) is 6.54. The second-order valence-corrected chi connectivity index (χ2v) is 3.56. The number of urea groups is 1. The summed E-state index contributed by atoms with van der Waals surface area (Å²) in [6, 6.07) is 4.43. The van der Waals surface area contributed by atoms with Crippen LogP contribution in [-0.2, 0) is 6.54 Å². The zero-order valence-electron chi connectivity index (χ0n) is 9.22. The Morgan fingerprint density at radius 3 is 2.88 bits per heavy atom. The number of carbonyl (C=O) groups is 1. The summed E-state index contributed by atoms with van der Waals surface area (Å²) in [5.74, 6) is -0.221. The maximum absolute atomic E-state index is 13.3. The lowest BCUT2D eigenvalue weighted by molar-refractivity contribution is 0.249. The molecule has 0 spiro atoms. The third-order valence-electron chi connectivity index (χ3n) is 2.12. The van der Waals surface area contributed by atoms with Crippen LogP contribution in [0.4, 0.5) is 9.18 Å². The molecule has 16 heavy (non-hydrogen) atoms. The van der Waals surface area contributed by atoms with Gasteiger partial charge in [-0.1, -0.05) is 17.7 Å². The van der Waals surface area contributed by atoms with Crippen LogP contribution in [0.5, 0.6) is 0 Å². The van der Waals surface area contributed by atoms with Gasteiger partial charge in [-0.3, -0.25) is 0 Å². The molecule has 2 amide bonds. The minimum atomic E-state index is -0.552. The first kappa shape index (κ1) is 12.4. The van der Waals surface area contributed by atoms with E-state index in [2.05, 4.69) is 10.6 Å². The predicted molar refractivity (Wildman–Crippen MR) is 60.4 cm³/mol. The zero-order valence-corrected chi connectivity index (χ0v) is 9.22. The van der Waals surface area contributed by atoms with Crippen LogP contribution in [0.3, 0.4) is 0 Å². The van der Waals surface area contributed by atoms with Gasteiger partial charge in [-0.15, -0.1) is 0 Å². The smallest absolute Gasteiger partial charge is 0.312 e. The highest BCUT2D eigenvalue weighted by Crippen LogP contribution is 2.09. The standard InChI is InChI=1S/C11H16FN3O/c1-8-2-3-10(12)9(6-8)7-14-4-5-15-11(13)16/h2-3,6,14H,4-5,7H2,1H3,(H3,13,15,16). The molecule has 1 aromatic rings. The fourth-order valence-electron chi connectivity index (χ4n) is 1.34. The fraction of sp³-hybridized carbons (Fsp3) is 0.364. The molecular weight excluding hydrogens is 209 g/mol. The minimum absolute atomic E-state index is 0.221. The number of aryl methyl sites for hydroxylation is 1. The molecule has 0 bridgehead atoms. The molecule has 0 saturated carbocycles. The van der Waals surface area contributed by atoms with Crippen LogP contribution in [0.2, 0.25) is 0 Å². The second-order valence-electron chi connectivity index (χ2n) is 3.56. The molecule has 0 fully saturated rings. The molecule has 5 heteroatoms. The zero-order chi connectivity index (χ0) is 12.0. The Bertz CT molecular complexity index is 368. The van der Waals surface area contributed by atoms with Crippen LogP contribution in [0.1, 0.15) is 11.1 Å². The molecule has 0 atom stereocenters. The second kappa shape index (κ2) is 6.07. The van der Waals surface area contributed by atoms with E-state index in [0.717, 1.165) is 5.56 Å². The van der Waals surface area contributed by atoms with Crippen molar-refractivity contribution in [3.05, 3.63) is 35.1 Å². The van der Waals surface area contributed by atoms with Crippen molar-refractivity contribution >= 4 is 6.03 Å². The lowest BCUT2D eigenvalue weighted by atomic mass is 10.1. The first-order chi connectivity index (χ1) is 7.59. The van der Waals surface area contributed by atoms with Crippen molar-refractivity contribution in [1.82, 2.24) is 10.6 Å². The van der Waals surface area contributed by atoms with Crippen LogP contribution in [0.25, 0.3) is 0 Å². The molecule has 0 aromatic heterocycles. The number of carbonyl (C=O) groups excluding carboxylic acids is 1. The Balaban J connectivity index is 2.31. The predicted octanol–water partition coefficient (Wildman–Crippen LogP) is 0.892. The molecule has 4 nitrogen and oxygen atoms in total. The van der Waals surface area contributed by atoms with E-state index in [1.165, 1.54) is 6.07 Å². The van der Waals surface area contributed by atoms with Crippen molar-refractivity contribution in [2.75, 3.05) is 13.1 Å². The van der Waals surface area contributed by atoms with Crippen molar-refractivity contribution in [2.24, 2.45) is 5.73 Å². The maximum Gasteiger partial charge on any atom is 0.312 e. The van der Waals surface area contributed by atoms with Gasteiger partial charge in [0.05, 0.1) is 0 Å². The van der Waals surface area contributed by atoms with E-state index in [1.54, 1.807) is 12.1 Å². The van der Waals surface area contributed by atoms with Crippen LogP contribution in [0.15, 0.2) is 18.2 Å². The molecule has 1 rings (SSSR count). The number of nitrogens with two attached hydrogens (primary N) is 1. The summed E-state index contributed by atoms with van der Waals surface area (Å²) in [6.45, 7) is 3.34. The number of hydrogen-bond donors (Lipinski definition) is 3. The number of primary amides is 1. The lowest BCUT2D eigenvalue weighted by Gasteiger charge is -2.07. The Morgan fingerprint density at radius 1 is 1.44 bits per heavy atom. The van der Waals surface area contributed by atoms with Gasteiger partial charge in [-0.2, -0.15) is 0 Å². The normalized spacial score (nSPS) is 10.1. The molecule has 0 unspecified atom stereocenters. The number of benzene rings is 1. The summed E-state index contributed by atoms with van der Waals surface area (Å²) < 4.78 is 13.3. The van der Waals surface area contributed by atoms with Gasteiger partial charge in [0.1, 0.15) is 5.82 Å². The average Bonchev–Trinajstić information content (AvgIpc) is 2.22. The topological polar surface area (TPSA) is 67.2 Å². The van der Waals surface area contributed by atoms with Crippen LogP contribution in [-0.4, -0.2) is 19.1 Å². The van der Waals surface area contributed by atoms with Gasteiger partial charge in [0, 0.05) is 25.2 Å². The van der Waals surface area contributed by atoms with E-state index < -0.39 is 6.03 Å². The first-order valence-electron chi connectivity index (χ1n) is 5.08. The third kappa shape index (κ3) is 4.27. The molecule has 0 aliphatic heterocycles. The quantitative estimate of drug-likeness (QED) is 0.651.